The fourth-order valence-electron chi connectivity index (χ4n) is 15.6. The van der Waals surface area contributed by atoms with Gasteiger partial charge in [-0.3, -0.25) is 9.59 Å². The molecule has 10 aromatic carbocycles. The van der Waals surface area contributed by atoms with Crippen LogP contribution in [-0.4, -0.2) is 16.2 Å². The molecule has 0 amide bonds. The number of hydrogen-bond acceptors (Lipinski definition) is 6. The van der Waals surface area contributed by atoms with Gasteiger partial charge in [-0.15, -0.1) is 0 Å². The number of nitrogens with zero attached hydrogens (tertiary/aromatic N) is 3. The average Bonchev–Trinajstić information content (AvgIpc) is 1.21. The number of aromatic nitrogens is 1. The quantitative estimate of drug-likeness (QED) is 0.0973. The zero-order valence-corrected chi connectivity index (χ0v) is 54.3. The van der Waals surface area contributed by atoms with Crippen molar-refractivity contribution in [3.8, 4) is 22.3 Å². The van der Waals surface area contributed by atoms with Crippen LogP contribution in [0.25, 0.3) is 82.3 Å². The van der Waals surface area contributed by atoms with E-state index < -0.39 is 17.7 Å². The van der Waals surface area contributed by atoms with E-state index in [0.29, 0.717) is 39.9 Å². The van der Waals surface area contributed by atoms with E-state index in [2.05, 4.69) is 261 Å². The summed E-state index contributed by atoms with van der Waals surface area (Å²) < 4.78 is 8.98. The van der Waals surface area contributed by atoms with E-state index in [4.69, 9.17) is 4.42 Å². The first kappa shape index (κ1) is 57.0. The van der Waals surface area contributed by atoms with Gasteiger partial charge in [0, 0.05) is 66.5 Å². The third-order valence-corrected chi connectivity index (χ3v) is 20.5. The van der Waals surface area contributed by atoms with Crippen LogP contribution in [0.15, 0.2) is 202 Å². The molecular weight excluding hydrogens is 1110 g/mol. The van der Waals surface area contributed by atoms with Crippen LogP contribution < -0.4 is 37.0 Å². The summed E-state index contributed by atoms with van der Waals surface area (Å²) >= 11 is 0. The highest BCUT2D eigenvalue weighted by Crippen LogP contribution is 2.50. The number of aliphatic hydroxyl groups is 1. The third kappa shape index (κ3) is 8.64. The summed E-state index contributed by atoms with van der Waals surface area (Å²) in [5.41, 5.74) is 19.9. The second-order valence-corrected chi connectivity index (χ2v) is 30.5. The van der Waals surface area contributed by atoms with Crippen molar-refractivity contribution in [2.24, 2.45) is 0 Å². The molecular formula is C83H76BN3O4. The van der Waals surface area contributed by atoms with Crippen LogP contribution in [-0.2, 0) is 27.3 Å². The SMILES string of the molecule is CC(C)(C)c1ccc(N(c2ccc3c(c2)N(c2ccc(-c4cccc5c4oc4ccccc45)cc2)c2cc(C(C)(C)C)c4c(=O)c5cc(C(C)(C)C)cc6c(=O)c7cc(C8(O)CCCC8)cc8c7n(c4c2B38)c65)c2ccc(C(C)(C)C)cc2-c2ccccc2)cc1. The van der Waals surface area contributed by atoms with Crippen molar-refractivity contribution in [2.75, 3.05) is 9.80 Å². The van der Waals surface area contributed by atoms with Crippen molar-refractivity contribution >= 4 is 117 Å². The molecule has 450 valence electrons. The van der Waals surface area contributed by atoms with Crippen molar-refractivity contribution in [1.82, 2.24) is 4.40 Å². The number of benzene rings is 10. The molecule has 2 aliphatic heterocycles. The third-order valence-electron chi connectivity index (χ3n) is 20.5. The molecule has 1 saturated carbocycles. The van der Waals surface area contributed by atoms with Gasteiger partial charge in [-0.1, -0.05) is 205 Å². The Bertz CT molecular complexity index is 5340. The van der Waals surface area contributed by atoms with Gasteiger partial charge in [0.2, 0.25) is 0 Å². The van der Waals surface area contributed by atoms with Gasteiger partial charge >= 0.3 is 0 Å². The zero-order chi connectivity index (χ0) is 63.2. The highest BCUT2D eigenvalue weighted by Gasteiger charge is 2.46. The van der Waals surface area contributed by atoms with E-state index in [0.717, 1.165) is 135 Å². The topological polar surface area (TPSA) is 78.4 Å². The molecule has 1 N–H and O–H groups in total. The molecule has 0 unspecified atom stereocenters. The molecule has 3 aliphatic rings. The van der Waals surface area contributed by atoms with Gasteiger partial charge in [0.15, 0.2) is 10.9 Å². The molecule has 0 atom stereocenters. The van der Waals surface area contributed by atoms with Crippen molar-refractivity contribution in [3.63, 3.8) is 0 Å². The minimum atomic E-state index is -1.11. The Morgan fingerprint density at radius 1 is 0.484 bits per heavy atom. The zero-order valence-electron chi connectivity index (χ0n) is 54.3. The standard InChI is InChI=1S/C83H76BN3O4/c1-79(2,3)50-29-34-54(35-30-50)85(67-38-31-51(80(4,5)6)41-60(67)48-21-14-13-15-22-48)56-36-37-65-68(46-56)86(55-32-27-49(28-33-55)57-24-20-25-59-58-23-16-17-26-70(58)91-78(57)59)69-47-64(82(10,11)12)71-75-72(69)84(65)66-45-53(83(90)39-18-19-40-83)44-63-74(66)87(75)73-61(76(63)88)42-52(81(7,8)9)43-62(73)77(71)89/h13-17,20-38,41-47,90H,18-19,39-40H2,1-12H3. The lowest BCUT2D eigenvalue weighted by molar-refractivity contribution is 0.0447. The van der Waals surface area contributed by atoms with Crippen LogP contribution in [0.1, 0.15) is 137 Å². The largest absolute Gasteiger partial charge is 0.455 e. The Morgan fingerprint density at radius 2 is 1.11 bits per heavy atom. The summed E-state index contributed by atoms with van der Waals surface area (Å²) in [4.78, 5) is 37.1. The lowest BCUT2D eigenvalue weighted by Crippen LogP contribution is -2.60. The fraction of sp³-hybridized carbons (Fsp3) is 0.253. The van der Waals surface area contributed by atoms with Crippen LogP contribution in [0.4, 0.5) is 34.1 Å². The number of hydrogen-bond donors (Lipinski definition) is 1. The van der Waals surface area contributed by atoms with Gasteiger partial charge in [-0.25, -0.2) is 0 Å². The van der Waals surface area contributed by atoms with E-state index in [1.807, 2.05) is 24.3 Å². The minimum absolute atomic E-state index is 0.0618. The first-order chi connectivity index (χ1) is 43.4. The van der Waals surface area contributed by atoms with Crippen LogP contribution in [0.5, 0.6) is 0 Å². The van der Waals surface area contributed by atoms with Crippen LogP contribution >= 0.6 is 0 Å². The Balaban J connectivity index is 1.04. The molecule has 1 fully saturated rings. The molecule has 5 heterocycles. The van der Waals surface area contributed by atoms with Crippen molar-refractivity contribution in [3.05, 3.63) is 236 Å². The lowest BCUT2D eigenvalue weighted by Gasteiger charge is -2.42. The van der Waals surface area contributed by atoms with E-state index >= 15 is 9.59 Å². The molecule has 7 nitrogen and oxygen atoms in total. The number of pyridine rings is 2. The summed E-state index contributed by atoms with van der Waals surface area (Å²) in [5, 5.41) is 17.4. The lowest BCUT2D eigenvalue weighted by atomic mass is 9.33. The van der Waals surface area contributed by atoms with Gasteiger partial charge in [0.25, 0.3) is 6.71 Å². The highest BCUT2D eigenvalue weighted by molar-refractivity contribution is 7.01. The minimum Gasteiger partial charge on any atom is -0.455 e. The number of fused-ring (bicyclic) bond motifs is 6. The molecule has 16 rings (SSSR count). The summed E-state index contributed by atoms with van der Waals surface area (Å²) in [5.74, 6) is 0. The predicted molar refractivity (Wildman–Crippen MR) is 383 cm³/mol. The van der Waals surface area contributed by atoms with Crippen molar-refractivity contribution < 1.29 is 9.52 Å². The monoisotopic (exact) mass is 1190 g/mol. The summed E-state index contributed by atoms with van der Waals surface area (Å²) in [6.07, 6.45) is 3.02. The van der Waals surface area contributed by atoms with E-state index in [-0.39, 0.29) is 27.1 Å². The summed E-state index contributed by atoms with van der Waals surface area (Å²) in [7, 11) is 0. The van der Waals surface area contributed by atoms with E-state index in [1.165, 1.54) is 11.1 Å². The van der Waals surface area contributed by atoms with Gasteiger partial charge in [0.1, 0.15) is 11.2 Å². The van der Waals surface area contributed by atoms with Gasteiger partial charge in [0.05, 0.1) is 33.2 Å². The molecule has 3 aromatic heterocycles. The molecule has 0 bridgehead atoms. The highest BCUT2D eigenvalue weighted by atomic mass is 16.3. The van der Waals surface area contributed by atoms with Gasteiger partial charge in [-0.05, 0) is 169 Å². The fourth-order valence-corrected chi connectivity index (χ4v) is 15.6. The smallest absolute Gasteiger partial charge is 0.252 e. The Morgan fingerprint density at radius 3 is 1.80 bits per heavy atom. The Kier molecular flexibility index (Phi) is 12.3. The maximum Gasteiger partial charge on any atom is 0.252 e. The number of para-hydroxylation sites is 2. The van der Waals surface area contributed by atoms with E-state index in [1.54, 1.807) is 0 Å². The molecule has 13 aromatic rings. The molecule has 0 spiro atoms. The maximum absolute atomic E-state index is 16.3. The first-order valence-electron chi connectivity index (χ1n) is 32.6. The van der Waals surface area contributed by atoms with Crippen LogP contribution in [0, 0.1) is 0 Å². The molecule has 0 saturated heterocycles. The van der Waals surface area contributed by atoms with Crippen LogP contribution in [0.3, 0.4) is 0 Å². The van der Waals surface area contributed by atoms with Crippen molar-refractivity contribution in [1.29, 1.82) is 0 Å². The number of anilines is 6. The number of furan rings is 1. The maximum atomic E-state index is 16.3. The normalized spacial score (nSPS) is 14.8. The second kappa shape index (κ2) is 19.6. The molecule has 1 aliphatic carbocycles. The predicted octanol–water partition coefficient (Wildman–Crippen LogP) is 18.8. The molecule has 8 heteroatoms. The van der Waals surface area contributed by atoms with Crippen molar-refractivity contribution in [2.45, 2.75) is 136 Å². The van der Waals surface area contributed by atoms with Gasteiger partial charge in [-0.2, -0.15) is 0 Å². The summed E-state index contributed by atoms with van der Waals surface area (Å²) in [6, 6.07) is 68.1. The Labute approximate surface area is 532 Å². The van der Waals surface area contributed by atoms with E-state index in [9.17, 15) is 5.11 Å². The first-order valence-corrected chi connectivity index (χ1v) is 32.6. The Hall–Kier alpha value is -9.24. The number of rotatable bonds is 7. The summed E-state index contributed by atoms with van der Waals surface area (Å²) in [6.45, 7) is 26.3. The molecule has 91 heavy (non-hydrogen) atoms. The molecule has 0 radical (unpaired) electrons. The van der Waals surface area contributed by atoms with Gasteiger partial charge < -0.3 is 23.7 Å². The second-order valence-electron chi connectivity index (χ2n) is 30.5. The average molecular weight is 1190 g/mol. The van der Waals surface area contributed by atoms with Crippen LogP contribution in [0.2, 0.25) is 0 Å².